The van der Waals surface area contributed by atoms with E-state index in [1.54, 1.807) is 24.3 Å². The first kappa shape index (κ1) is 14.6. The van der Waals surface area contributed by atoms with Gasteiger partial charge in [-0.3, -0.25) is 4.79 Å². The molecule has 0 saturated heterocycles. The quantitative estimate of drug-likeness (QED) is 0.822. The van der Waals surface area contributed by atoms with Gasteiger partial charge in [-0.25, -0.2) is 4.79 Å². The average molecular weight is 285 g/mol. The molecule has 0 heterocycles. The van der Waals surface area contributed by atoms with Crippen molar-refractivity contribution in [1.29, 1.82) is 0 Å². The van der Waals surface area contributed by atoms with Crippen molar-refractivity contribution in [2.24, 2.45) is 5.73 Å². The second-order valence-electron chi connectivity index (χ2n) is 4.31. The van der Waals surface area contributed by atoms with Crippen molar-refractivity contribution in [2.45, 2.75) is 6.61 Å². The van der Waals surface area contributed by atoms with Gasteiger partial charge in [0.1, 0.15) is 17.9 Å². The van der Waals surface area contributed by atoms with Gasteiger partial charge < -0.3 is 15.2 Å². The smallest absolute Gasteiger partial charge is 0.342 e. The Labute approximate surface area is 122 Å². The first-order valence-electron chi connectivity index (χ1n) is 6.38. The van der Waals surface area contributed by atoms with Crippen molar-refractivity contribution < 1.29 is 19.1 Å². The predicted octanol–water partition coefficient (Wildman–Crippen LogP) is 1.91. The summed E-state index contributed by atoms with van der Waals surface area (Å²) in [7, 11) is 0. The molecule has 0 aliphatic carbocycles. The average Bonchev–Trinajstić information content (AvgIpc) is 2.52. The van der Waals surface area contributed by atoms with Crippen LogP contribution in [0.1, 0.15) is 15.9 Å². The summed E-state index contributed by atoms with van der Waals surface area (Å²) in [5.41, 5.74) is 6.17. The highest BCUT2D eigenvalue weighted by atomic mass is 16.5. The Morgan fingerprint density at radius 3 is 2.33 bits per heavy atom. The normalized spacial score (nSPS) is 9.90. The van der Waals surface area contributed by atoms with Crippen LogP contribution in [-0.4, -0.2) is 18.5 Å². The van der Waals surface area contributed by atoms with Crippen LogP contribution >= 0.6 is 0 Å². The van der Waals surface area contributed by atoms with Crippen LogP contribution < -0.4 is 10.5 Å². The molecular weight excluding hydrogens is 270 g/mol. The van der Waals surface area contributed by atoms with E-state index in [0.717, 1.165) is 5.56 Å². The number of hydrogen-bond acceptors (Lipinski definition) is 4. The minimum Gasteiger partial charge on any atom is -0.483 e. The molecule has 1 amide bonds. The van der Waals surface area contributed by atoms with E-state index < -0.39 is 11.9 Å². The lowest BCUT2D eigenvalue weighted by atomic mass is 10.2. The minimum atomic E-state index is -0.609. The second kappa shape index (κ2) is 7.09. The molecule has 108 valence electrons. The van der Waals surface area contributed by atoms with E-state index in [9.17, 15) is 9.59 Å². The van der Waals surface area contributed by atoms with Crippen LogP contribution in [0.5, 0.6) is 5.75 Å². The maximum absolute atomic E-state index is 12.1. The SMILES string of the molecule is NC(=O)COc1ccccc1C(=O)OCc1ccccc1. The van der Waals surface area contributed by atoms with Crippen molar-refractivity contribution in [3.63, 3.8) is 0 Å². The largest absolute Gasteiger partial charge is 0.483 e. The number of primary amides is 1. The Morgan fingerprint density at radius 2 is 1.62 bits per heavy atom. The van der Waals surface area contributed by atoms with E-state index in [1.807, 2.05) is 30.3 Å². The van der Waals surface area contributed by atoms with Gasteiger partial charge in [0.05, 0.1) is 0 Å². The van der Waals surface area contributed by atoms with Crippen LogP contribution in [0, 0.1) is 0 Å². The standard InChI is InChI=1S/C16H15NO4/c17-15(18)11-20-14-9-5-4-8-13(14)16(19)21-10-12-6-2-1-3-7-12/h1-9H,10-11H2,(H2,17,18). The molecule has 5 heteroatoms. The van der Waals surface area contributed by atoms with E-state index in [4.69, 9.17) is 15.2 Å². The van der Waals surface area contributed by atoms with Crippen LogP contribution in [0.15, 0.2) is 54.6 Å². The fraction of sp³-hybridized carbons (Fsp3) is 0.125. The third kappa shape index (κ3) is 4.35. The first-order chi connectivity index (χ1) is 10.2. The lowest BCUT2D eigenvalue weighted by Crippen LogP contribution is -2.21. The van der Waals surface area contributed by atoms with E-state index in [1.165, 1.54) is 0 Å². The Kier molecular flexibility index (Phi) is 4.93. The van der Waals surface area contributed by atoms with Gasteiger partial charge in [-0.2, -0.15) is 0 Å². The molecule has 0 atom stereocenters. The van der Waals surface area contributed by atoms with Gasteiger partial charge in [0.15, 0.2) is 6.61 Å². The van der Waals surface area contributed by atoms with E-state index in [2.05, 4.69) is 0 Å². The number of carbonyl (C=O) groups is 2. The van der Waals surface area contributed by atoms with Crippen LogP contribution in [0.4, 0.5) is 0 Å². The van der Waals surface area contributed by atoms with Crippen LogP contribution in [-0.2, 0) is 16.1 Å². The van der Waals surface area contributed by atoms with Gasteiger partial charge in [0, 0.05) is 0 Å². The Hall–Kier alpha value is -2.82. The van der Waals surface area contributed by atoms with Crippen molar-refractivity contribution in [2.75, 3.05) is 6.61 Å². The highest BCUT2D eigenvalue weighted by molar-refractivity contribution is 5.92. The Balaban J connectivity index is 2.03. The molecular formula is C16H15NO4. The molecule has 2 aromatic carbocycles. The molecule has 2 rings (SSSR count). The topological polar surface area (TPSA) is 78.6 Å². The lowest BCUT2D eigenvalue weighted by molar-refractivity contribution is -0.119. The molecule has 5 nitrogen and oxygen atoms in total. The Morgan fingerprint density at radius 1 is 0.952 bits per heavy atom. The van der Waals surface area contributed by atoms with Gasteiger partial charge in [0.2, 0.25) is 0 Å². The number of rotatable bonds is 6. The zero-order chi connectivity index (χ0) is 15.1. The summed E-state index contributed by atoms with van der Waals surface area (Å²) in [6.45, 7) is -0.118. The molecule has 0 saturated carbocycles. The molecule has 0 spiro atoms. The molecule has 21 heavy (non-hydrogen) atoms. The number of nitrogens with two attached hydrogens (primary N) is 1. The number of benzene rings is 2. The van der Waals surface area contributed by atoms with E-state index in [-0.39, 0.29) is 24.5 Å². The van der Waals surface area contributed by atoms with Crippen molar-refractivity contribution in [3.05, 3.63) is 65.7 Å². The number of para-hydroxylation sites is 1. The van der Waals surface area contributed by atoms with Crippen LogP contribution in [0.2, 0.25) is 0 Å². The van der Waals surface area contributed by atoms with Crippen molar-refractivity contribution in [1.82, 2.24) is 0 Å². The highest BCUT2D eigenvalue weighted by Gasteiger charge is 2.14. The fourth-order valence-corrected chi connectivity index (χ4v) is 1.71. The van der Waals surface area contributed by atoms with Crippen LogP contribution in [0.25, 0.3) is 0 Å². The molecule has 0 aliphatic heterocycles. The van der Waals surface area contributed by atoms with Crippen molar-refractivity contribution in [3.8, 4) is 5.75 Å². The van der Waals surface area contributed by atoms with Crippen molar-refractivity contribution >= 4 is 11.9 Å². The third-order valence-electron chi connectivity index (χ3n) is 2.69. The van der Waals surface area contributed by atoms with Gasteiger partial charge in [0.25, 0.3) is 5.91 Å². The lowest BCUT2D eigenvalue weighted by Gasteiger charge is -2.10. The van der Waals surface area contributed by atoms with E-state index >= 15 is 0 Å². The summed E-state index contributed by atoms with van der Waals surface area (Å²) >= 11 is 0. The minimum absolute atomic E-state index is 0.170. The number of carbonyl (C=O) groups excluding carboxylic acids is 2. The molecule has 0 aliphatic rings. The summed E-state index contributed by atoms with van der Waals surface area (Å²) in [6.07, 6.45) is 0. The van der Waals surface area contributed by atoms with Gasteiger partial charge in [-0.05, 0) is 17.7 Å². The fourth-order valence-electron chi connectivity index (χ4n) is 1.71. The first-order valence-corrected chi connectivity index (χ1v) is 6.38. The molecule has 0 aromatic heterocycles. The summed E-state index contributed by atoms with van der Waals surface area (Å²) in [5.74, 6) is -0.851. The van der Waals surface area contributed by atoms with Gasteiger partial charge >= 0.3 is 5.97 Å². The molecule has 0 bridgehead atoms. The molecule has 0 radical (unpaired) electrons. The molecule has 2 aromatic rings. The predicted molar refractivity (Wildman–Crippen MR) is 76.7 cm³/mol. The number of esters is 1. The summed E-state index contributed by atoms with van der Waals surface area (Å²) in [6, 6.07) is 15.9. The molecule has 0 unspecified atom stereocenters. The van der Waals surface area contributed by atoms with E-state index in [0.29, 0.717) is 0 Å². The molecule has 2 N–H and O–H groups in total. The maximum atomic E-state index is 12.1. The third-order valence-corrected chi connectivity index (χ3v) is 2.69. The number of ether oxygens (including phenoxy) is 2. The molecule has 0 fully saturated rings. The Bertz CT molecular complexity index is 625. The highest BCUT2D eigenvalue weighted by Crippen LogP contribution is 2.19. The maximum Gasteiger partial charge on any atom is 0.342 e. The monoisotopic (exact) mass is 285 g/mol. The zero-order valence-corrected chi connectivity index (χ0v) is 11.3. The summed E-state index contributed by atoms with van der Waals surface area (Å²) < 4.78 is 10.4. The zero-order valence-electron chi connectivity index (χ0n) is 11.3. The number of hydrogen-bond donors (Lipinski definition) is 1. The summed E-state index contributed by atoms with van der Waals surface area (Å²) in [4.78, 5) is 22.8. The number of amides is 1. The summed E-state index contributed by atoms with van der Waals surface area (Å²) in [5, 5.41) is 0. The second-order valence-corrected chi connectivity index (χ2v) is 4.31. The van der Waals surface area contributed by atoms with Gasteiger partial charge in [-0.15, -0.1) is 0 Å². The van der Waals surface area contributed by atoms with Crippen LogP contribution in [0.3, 0.4) is 0 Å². The van der Waals surface area contributed by atoms with Gasteiger partial charge in [-0.1, -0.05) is 42.5 Å².